The third kappa shape index (κ3) is 4.07. The first-order valence-electron chi connectivity index (χ1n) is 8.31. The number of Topliss-reactive ketones (excluding diaryl/α,β-unsaturated/α-hetero) is 1. The van der Waals surface area contributed by atoms with Crippen LogP contribution in [0.4, 0.5) is 5.82 Å². The van der Waals surface area contributed by atoms with Crippen LogP contribution in [0.2, 0.25) is 0 Å². The number of anilines is 1. The number of allylic oxidation sites excluding steroid dienone is 2. The summed E-state index contributed by atoms with van der Waals surface area (Å²) in [6.45, 7) is 1.56. The highest BCUT2D eigenvalue weighted by molar-refractivity contribution is 6.01. The fourth-order valence-electron chi connectivity index (χ4n) is 2.84. The van der Waals surface area contributed by atoms with E-state index in [0.29, 0.717) is 6.42 Å². The molecule has 1 heterocycles. The summed E-state index contributed by atoms with van der Waals surface area (Å²) in [7, 11) is 1.28. The standard InChI is InChI=1S/C17H23N3O5/c1-3-8-20-15(18)14(16(23)19(2)17(20)24)12(21)10-25-13(22)9-11-6-4-5-7-11/h4,6,11H,3,5,7-10,18H2,1-2H3/t11-/m1/s1. The smallest absolute Gasteiger partial charge is 0.332 e. The molecule has 1 aliphatic carbocycles. The van der Waals surface area contributed by atoms with Crippen LogP contribution in [0.3, 0.4) is 0 Å². The van der Waals surface area contributed by atoms with Gasteiger partial charge < -0.3 is 10.5 Å². The number of nitrogen functional groups attached to an aromatic ring is 1. The molecule has 0 aromatic carbocycles. The molecule has 1 aromatic heterocycles. The van der Waals surface area contributed by atoms with E-state index in [-0.39, 0.29) is 30.3 Å². The molecule has 0 unspecified atom stereocenters. The number of carbonyl (C=O) groups excluding carboxylic acids is 2. The number of hydrogen-bond acceptors (Lipinski definition) is 6. The van der Waals surface area contributed by atoms with Crippen LogP contribution >= 0.6 is 0 Å². The SMILES string of the molecule is CCCn1c(N)c(C(=O)COC(=O)C[C@@H]2C=CCC2)c(=O)n(C)c1=O. The van der Waals surface area contributed by atoms with E-state index in [1.54, 1.807) is 0 Å². The minimum absolute atomic E-state index is 0.131. The molecule has 1 aromatic rings. The number of esters is 1. The van der Waals surface area contributed by atoms with Crippen LogP contribution < -0.4 is 17.0 Å². The molecular formula is C17H23N3O5. The highest BCUT2D eigenvalue weighted by Crippen LogP contribution is 2.20. The summed E-state index contributed by atoms with van der Waals surface area (Å²) in [5.41, 5.74) is 4.18. The summed E-state index contributed by atoms with van der Waals surface area (Å²) < 4.78 is 7.00. The van der Waals surface area contributed by atoms with Crippen molar-refractivity contribution in [2.24, 2.45) is 13.0 Å². The third-order valence-electron chi connectivity index (χ3n) is 4.21. The Bertz CT molecular complexity index is 819. The molecule has 0 amide bonds. The minimum atomic E-state index is -0.783. The van der Waals surface area contributed by atoms with Crippen molar-refractivity contribution >= 4 is 17.6 Å². The summed E-state index contributed by atoms with van der Waals surface area (Å²) >= 11 is 0. The van der Waals surface area contributed by atoms with Crippen molar-refractivity contribution in [1.29, 1.82) is 0 Å². The van der Waals surface area contributed by atoms with Gasteiger partial charge in [-0.25, -0.2) is 4.79 Å². The van der Waals surface area contributed by atoms with Gasteiger partial charge in [0.15, 0.2) is 6.61 Å². The van der Waals surface area contributed by atoms with Gasteiger partial charge in [-0.2, -0.15) is 0 Å². The first kappa shape index (κ1) is 18.7. The molecule has 8 nitrogen and oxygen atoms in total. The van der Waals surface area contributed by atoms with E-state index in [1.165, 1.54) is 11.6 Å². The fraction of sp³-hybridized carbons (Fsp3) is 0.529. The molecular weight excluding hydrogens is 326 g/mol. The molecule has 25 heavy (non-hydrogen) atoms. The maximum atomic E-state index is 12.3. The zero-order valence-electron chi connectivity index (χ0n) is 14.5. The molecule has 0 bridgehead atoms. The van der Waals surface area contributed by atoms with Crippen molar-refractivity contribution < 1.29 is 14.3 Å². The highest BCUT2D eigenvalue weighted by Gasteiger charge is 2.23. The first-order chi connectivity index (χ1) is 11.9. The lowest BCUT2D eigenvalue weighted by atomic mass is 10.1. The van der Waals surface area contributed by atoms with E-state index in [9.17, 15) is 19.2 Å². The Kier molecular flexibility index (Phi) is 5.95. The number of carbonyl (C=O) groups is 2. The van der Waals surface area contributed by atoms with E-state index in [4.69, 9.17) is 10.5 Å². The lowest BCUT2D eigenvalue weighted by Gasteiger charge is -2.14. The molecule has 0 saturated heterocycles. The van der Waals surface area contributed by atoms with E-state index >= 15 is 0 Å². The van der Waals surface area contributed by atoms with Crippen LogP contribution in [-0.4, -0.2) is 27.5 Å². The van der Waals surface area contributed by atoms with Gasteiger partial charge in [0, 0.05) is 13.6 Å². The van der Waals surface area contributed by atoms with Crippen molar-refractivity contribution in [3.63, 3.8) is 0 Å². The molecule has 1 atom stereocenters. The first-order valence-corrected chi connectivity index (χ1v) is 8.31. The molecule has 136 valence electrons. The highest BCUT2D eigenvalue weighted by atomic mass is 16.5. The van der Waals surface area contributed by atoms with E-state index in [2.05, 4.69) is 0 Å². The van der Waals surface area contributed by atoms with Crippen molar-refractivity contribution in [2.45, 2.75) is 39.2 Å². The Morgan fingerprint density at radius 1 is 1.36 bits per heavy atom. The molecule has 0 fully saturated rings. The van der Waals surface area contributed by atoms with Crippen LogP contribution in [0.5, 0.6) is 0 Å². The monoisotopic (exact) mass is 349 g/mol. The molecule has 2 N–H and O–H groups in total. The lowest BCUT2D eigenvalue weighted by molar-refractivity contribution is -0.143. The minimum Gasteiger partial charge on any atom is -0.457 e. The fourth-order valence-corrected chi connectivity index (χ4v) is 2.84. The topological polar surface area (TPSA) is 113 Å². The van der Waals surface area contributed by atoms with E-state index in [1.807, 2.05) is 19.1 Å². The maximum Gasteiger partial charge on any atom is 0.332 e. The van der Waals surface area contributed by atoms with Crippen LogP contribution in [0, 0.1) is 5.92 Å². The van der Waals surface area contributed by atoms with E-state index in [0.717, 1.165) is 17.4 Å². The van der Waals surface area contributed by atoms with Gasteiger partial charge in [0.1, 0.15) is 11.4 Å². The summed E-state index contributed by atoms with van der Waals surface area (Å²) in [5.74, 6) is -1.26. The number of aromatic nitrogens is 2. The van der Waals surface area contributed by atoms with Gasteiger partial charge in [-0.1, -0.05) is 19.1 Å². The quantitative estimate of drug-likeness (QED) is 0.439. The van der Waals surface area contributed by atoms with E-state index < -0.39 is 29.6 Å². The Hall–Kier alpha value is -2.64. The van der Waals surface area contributed by atoms with Gasteiger partial charge in [-0.05, 0) is 25.2 Å². The Balaban J connectivity index is 2.15. The normalized spacial score (nSPS) is 16.2. The maximum absolute atomic E-state index is 12.3. The summed E-state index contributed by atoms with van der Waals surface area (Å²) in [5, 5.41) is 0. The molecule has 8 heteroatoms. The Labute approximate surface area is 144 Å². The molecule has 0 aliphatic heterocycles. The molecule has 2 rings (SSSR count). The van der Waals surface area contributed by atoms with Gasteiger partial charge >= 0.3 is 11.7 Å². The third-order valence-corrected chi connectivity index (χ3v) is 4.21. The zero-order valence-corrected chi connectivity index (χ0v) is 14.5. The van der Waals surface area contributed by atoms with Crippen molar-refractivity contribution in [1.82, 2.24) is 9.13 Å². The zero-order chi connectivity index (χ0) is 18.6. The molecule has 0 spiro atoms. The van der Waals surface area contributed by atoms with Crippen LogP contribution in [0.1, 0.15) is 43.0 Å². The molecule has 1 aliphatic rings. The predicted octanol–water partition coefficient (Wildman–Crippen LogP) is 0.621. The van der Waals surface area contributed by atoms with Gasteiger partial charge in [0.05, 0.1) is 6.42 Å². The number of ether oxygens (including phenoxy) is 1. The van der Waals surface area contributed by atoms with Gasteiger partial charge in [0.2, 0.25) is 5.78 Å². The number of nitrogens with zero attached hydrogens (tertiary/aromatic N) is 2. The van der Waals surface area contributed by atoms with Crippen LogP contribution in [0.15, 0.2) is 21.7 Å². The van der Waals surface area contributed by atoms with Gasteiger partial charge in [-0.3, -0.25) is 23.5 Å². The number of ketones is 1. The number of nitrogens with two attached hydrogens (primary N) is 1. The van der Waals surface area contributed by atoms with Crippen molar-refractivity contribution in [3.8, 4) is 0 Å². The van der Waals surface area contributed by atoms with Crippen molar-refractivity contribution in [2.75, 3.05) is 12.3 Å². The van der Waals surface area contributed by atoms with Crippen LogP contribution in [-0.2, 0) is 23.1 Å². The number of rotatable bonds is 7. The second-order valence-corrected chi connectivity index (χ2v) is 6.11. The number of hydrogen-bond donors (Lipinski definition) is 1. The second-order valence-electron chi connectivity index (χ2n) is 6.11. The average molecular weight is 349 g/mol. The average Bonchev–Trinajstić information content (AvgIpc) is 3.08. The Morgan fingerprint density at radius 3 is 2.68 bits per heavy atom. The summed E-state index contributed by atoms with van der Waals surface area (Å²) in [6.07, 6.45) is 6.59. The van der Waals surface area contributed by atoms with Crippen LogP contribution in [0.25, 0.3) is 0 Å². The van der Waals surface area contributed by atoms with Crippen molar-refractivity contribution in [3.05, 3.63) is 38.6 Å². The summed E-state index contributed by atoms with van der Waals surface area (Å²) in [6, 6.07) is 0. The Morgan fingerprint density at radius 2 is 2.08 bits per heavy atom. The van der Waals surface area contributed by atoms with Gasteiger partial charge in [-0.15, -0.1) is 0 Å². The molecule has 0 saturated carbocycles. The predicted molar refractivity (Wildman–Crippen MR) is 92.4 cm³/mol. The largest absolute Gasteiger partial charge is 0.457 e. The molecule has 0 radical (unpaired) electrons. The lowest BCUT2D eigenvalue weighted by Crippen LogP contribution is -2.43. The van der Waals surface area contributed by atoms with Gasteiger partial charge in [0.25, 0.3) is 5.56 Å². The summed E-state index contributed by atoms with van der Waals surface area (Å²) in [4.78, 5) is 48.5. The second kappa shape index (κ2) is 7.96.